The van der Waals surface area contributed by atoms with Crippen molar-refractivity contribution in [1.82, 2.24) is 14.7 Å². The van der Waals surface area contributed by atoms with E-state index in [9.17, 15) is 8.78 Å². The van der Waals surface area contributed by atoms with Gasteiger partial charge in [-0.15, -0.1) is 0 Å². The third-order valence-electron chi connectivity index (χ3n) is 3.52. The first kappa shape index (κ1) is 19.6. The Morgan fingerprint density at radius 1 is 1.48 bits per heavy atom. The first-order chi connectivity index (χ1) is 11.8. The van der Waals surface area contributed by atoms with Crippen molar-refractivity contribution >= 4 is 38.9 Å². The Labute approximate surface area is 159 Å². The van der Waals surface area contributed by atoms with E-state index < -0.39 is 6.61 Å². The van der Waals surface area contributed by atoms with Crippen LogP contribution in [0.5, 0.6) is 5.75 Å². The minimum Gasteiger partial charge on any atom is -0.433 e. The average Bonchev–Trinajstić information content (AvgIpc) is 2.89. The predicted molar refractivity (Wildman–Crippen MR) is 101 cm³/mol. The molecule has 0 saturated heterocycles. The largest absolute Gasteiger partial charge is 0.433 e. The minimum atomic E-state index is -2.90. The van der Waals surface area contributed by atoms with E-state index in [-0.39, 0.29) is 5.75 Å². The van der Waals surface area contributed by atoms with E-state index in [0.29, 0.717) is 17.3 Å². The van der Waals surface area contributed by atoms with Gasteiger partial charge in [0.25, 0.3) is 0 Å². The van der Waals surface area contributed by atoms with Gasteiger partial charge in [-0.1, -0.05) is 6.07 Å². The van der Waals surface area contributed by atoms with E-state index in [2.05, 4.69) is 31.1 Å². The topological polar surface area (TPSA) is 42.3 Å². The maximum atomic E-state index is 12.6. The number of anilines is 1. The Kier molecular flexibility index (Phi) is 6.71. The number of thiocarbonyl (C=S) groups is 1. The summed E-state index contributed by atoms with van der Waals surface area (Å²) in [6.45, 7) is 2.21. The summed E-state index contributed by atoms with van der Waals surface area (Å²) >= 11 is 8.87. The zero-order chi connectivity index (χ0) is 18.6. The van der Waals surface area contributed by atoms with Gasteiger partial charge in [-0.3, -0.25) is 4.68 Å². The summed E-state index contributed by atoms with van der Waals surface area (Å²) in [6, 6.07) is 4.91. The molecule has 0 radical (unpaired) electrons. The van der Waals surface area contributed by atoms with Gasteiger partial charge in [0.05, 0.1) is 28.6 Å². The number of benzene rings is 1. The smallest absolute Gasteiger partial charge is 0.387 e. The van der Waals surface area contributed by atoms with Gasteiger partial charge in [0, 0.05) is 13.6 Å². The van der Waals surface area contributed by atoms with Crippen molar-refractivity contribution in [2.75, 3.05) is 12.4 Å². The highest BCUT2D eigenvalue weighted by atomic mass is 79.9. The Morgan fingerprint density at radius 3 is 2.84 bits per heavy atom. The van der Waals surface area contributed by atoms with Gasteiger partial charge in [0.1, 0.15) is 5.75 Å². The Morgan fingerprint density at radius 2 is 2.20 bits per heavy atom. The normalized spacial score (nSPS) is 10.8. The van der Waals surface area contributed by atoms with Crippen LogP contribution in [0, 0.1) is 6.92 Å². The van der Waals surface area contributed by atoms with E-state index in [4.69, 9.17) is 12.2 Å². The maximum absolute atomic E-state index is 12.6. The first-order valence-corrected chi connectivity index (χ1v) is 8.79. The molecule has 0 saturated carbocycles. The third kappa shape index (κ3) is 5.12. The van der Waals surface area contributed by atoms with Crippen molar-refractivity contribution in [3.8, 4) is 5.75 Å². The van der Waals surface area contributed by atoms with E-state index in [1.54, 1.807) is 23.2 Å². The molecule has 0 aliphatic carbocycles. The minimum absolute atomic E-state index is 0.0520. The van der Waals surface area contributed by atoms with Crippen LogP contribution < -0.4 is 10.1 Å². The quantitative estimate of drug-likeness (QED) is 0.684. The summed E-state index contributed by atoms with van der Waals surface area (Å²) in [4.78, 5) is 1.80. The molecule has 5 nitrogen and oxygen atoms in total. The second-order valence-corrected chi connectivity index (χ2v) is 6.66. The van der Waals surface area contributed by atoms with Gasteiger partial charge >= 0.3 is 6.61 Å². The summed E-state index contributed by atoms with van der Waals surface area (Å²) in [6.07, 6.45) is 1.73. The molecular formula is C16H19BrF2N4OS. The average molecular weight is 433 g/mol. The molecule has 9 heteroatoms. The lowest BCUT2D eigenvalue weighted by Gasteiger charge is -2.23. The highest BCUT2D eigenvalue weighted by Crippen LogP contribution is 2.28. The van der Waals surface area contributed by atoms with Crippen LogP contribution in [-0.4, -0.2) is 33.5 Å². The van der Waals surface area contributed by atoms with Crippen molar-refractivity contribution in [2.45, 2.75) is 33.5 Å². The van der Waals surface area contributed by atoms with Gasteiger partial charge in [-0.05, 0) is 59.7 Å². The van der Waals surface area contributed by atoms with Crippen LogP contribution in [0.15, 0.2) is 28.9 Å². The summed E-state index contributed by atoms with van der Waals surface area (Å²) in [5, 5.41) is 7.63. The molecule has 25 heavy (non-hydrogen) atoms. The van der Waals surface area contributed by atoms with Gasteiger partial charge in [-0.2, -0.15) is 13.9 Å². The van der Waals surface area contributed by atoms with E-state index in [1.807, 2.05) is 25.6 Å². The molecule has 1 aromatic carbocycles. The number of rotatable bonds is 6. The van der Waals surface area contributed by atoms with Crippen LogP contribution in [0.25, 0.3) is 0 Å². The van der Waals surface area contributed by atoms with E-state index >= 15 is 0 Å². The molecule has 0 bridgehead atoms. The fourth-order valence-electron chi connectivity index (χ4n) is 2.26. The standard InChI is InChI=1S/C16H19BrF2N4OS/c1-4-23-13(11(17)8-20-23)9-22(3)16(25)21-12-7-10(2)5-6-14(12)24-15(18)19/h5-8,15H,4,9H2,1-3H3,(H,21,25). The van der Waals surface area contributed by atoms with Crippen LogP contribution in [0.3, 0.4) is 0 Å². The summed E-state index contributed by atoms with van der Waals surface area (Å²) in [5.74, 6) is 0.0520. The van der Waals surface area contributed by atoms with Crippen LogP contribution >= 0.6 is 28.1 Å². The lowest BCUT2D eigenvalue weighted by atomic mass is 10.2. The van der Waals surface area contributed by atoms with Gasteiger partial charge in [-0.25, -0.2) is 0 Å². The molecule has 0 aliphatic rings. The summed E-state index contributed by atoms with van der Waals surface area (Å²) < 4.78 is 32.4. The number of aryl methyl sites for hydroxylation is 2. The number of nitrogens with one attached hydrogen (secondary N) is 1. The Hall–Kier alpha value is -1.74. The molecule has 136 valence electrons. The number of halogens is 3. The van der Waals surface area contributed by atoms with Crippen molar-refractivity contribution in [2.24, 2.45) is 0 Å². The Balaban J connectivity index is 2.13. The fourth-order valence-corrected chi connectivity index (χ4v) is 2.86. The number of hydrogen-bond acceptors (Lipinski definition) is 3. The molecule has 0 amide bonds. The molecular weight excluding hydrogens is 414 g/mol. The van der Waals surface area contributed by atoms with Gasteiger partial charge < -0.3 is 15.0 Å². The lowest BCUT2D eigenvalue weighted by Crippen LogP contribution is -2.31. The molecule has 0 atom stereocenters. The van der Waals surface area contributed by atoms with Gasteiger partial charge in [0.15, 0.2) is 5.11 Å². The molecule has 0 unspecified atom stereocenters. The molecule has 0 aliphatic heterocycles. The lowest BCUT2D eigenvalue weighted by molar-refractivity contribution is -0.0493. The van der Waals surface area contributed by atoms with Gasteiger partial charge in [0.2, 0.25) is 0 Å². The molecule has 1 heterocycles. The molecule has 2 rings (SSSR count). The number of alkyl halides is 2. The molecule has 1 aromatic heterocycles. The Bertz CT molecular complexity index is 754. The van der Waals surface area contributed by atoms with Crippen molar-refractivity contribution < 1.29 is 13.5 Å². The summed E-state index contributed by atoms with van der Waals surface area (Å²) in [5.41, 5.74) is 2.28. The van der Waals surface area contributed by atoms with Crippen molar-refractivity contribution in [3.63, 3.8) is 0 Å². The van der Waals surface area contributed by atoms with Crippen molar-refractivity contribution in [1.29, 1.82) is 0 Å². The zero-order valence-electron chi connectivity index (χ0n) is 14.1. The van der Waals surface area contributed by atoms with E-state index in [0.717, 1.165) is 22.3 Å². The maximum Gasteiger partial charge on any atom is 0.387 e. The highest BCUT2D eigenvalue weighted by Gasteiger charge is 2.15. The predicted octanol–water partition coefficient (Wildman–Crippen LogP) is 4.40. The second kappa shape index (κ2) is 8.57. The third-order valence-corrected chi connectivity index (χ3v) is 4.60. The zero-order valence-corrected chi connectivity index (χ0v) is 16.5. The second-order valence-electron chi connectivity index (χ2n) is 5.42. The molecule has 0 fully saturated rings. The summed E-state index contributed by atoms with van der Waals surface area (Å²) in [7, 11) is 1.82. The number of ether oxygens (including phenoxy) is 1. The molecule has 2 aromatic rings. The van der Waals surface area contributed by atoms with Crippen LogP contribution in [0.2, 0.25) is 0 Å². The fraction of sp³-hybridized carbons (Fsp3) is 0.375. The van der Waals surface area contributed by atoms with Crippen LogP contribution in [0.1, 0.15) is 18.2 Å². The molecule has 1 N–H and O–H groups in total. The monoisotopic (exact) mass is 432 g/mol. The van der Waals surface area contributed by atoms with Crippen LogP contribution in [0.4, 0.5) is 14.5 Å². The highest BCUT2D eigenvalue weighted by molar-refractivity contribution is 9.10. The SMILES string of the molecule is CCn1ncc(Br)c1CN(C)C(=S)Nc1cc(C)ccc1OC(F)F. The van der Waals surface area contributed by atoms with E-state index in [1.165, 1.54) is 6.07 Å². The first-order valence-electron chi connectivity index (χ1n) is 7.59. The number of aromatic nitrogens is 2. The van der Waals surface area contributed by atoms with Crippen LogP contribution in [-0.2, 0) is 13.1 Å². The number of hydrogen-bond donors (Lipinski definition) is 1. The molecule has 0 spiro atoms. The number of nitrogens with zero attached hydrogens (tertiary/aromatic N) is 3. The van der Waals surface area contributed by atoms with Crippen molar-refractivity contribution in [3.05, 3.63) is 40.1 Å².